The number of nitrogens with one attached hydrogen (secondary N) is 1. The van der Waals surface area contributed by atoms with Gasteiger partial charge in [0, 0.05) is 25.2 Å². The first-order valence-electron chi connectivity index (χ1n) is 7.60. The maximum Gasteiger partial charge on any atom is 0.0249 e. The number of nitrogens with zero attached hydrogens (tertiary/aromatic N) is 2. The molecule has 0 aliphatic heterocycles. The molecule has 0 aromatic rings. The molecule has 3 heteroatoms. The minimum atomic E-state index is 0.685. The normalized spacial score (nSPS) is 29.2. The summed E-state index contributed by atoms with van der Waals surface area (Å²) in [5.74, 6) is 0.950. The lowest BCUT2D eigenvalue weighted by Crippen LogP contribution is -2.52. The van der Waals surface area contributed by atoms with Crippen LogP contribution in [-0.2, 0) is 0 Å². The fourth-order valence-electron chi connectivity index (χ4n) is 3.25. The molecule has 1 rings (SSSR count). The Labute approximate surface area is 114 Å². The van der Waals surface area contributed by atoms with E-state index in [4.69, 9.17) is 0 Å². The van der Waals surface area contributed by atoms with E-state index in [1.54, 1.807) is 0 Å². The molecule has 18 heavy (non-hydrogen) atoms. The molecule has 1 aliphatic carbocycles. The largest absolute Gasteiger partial charge is 0.315 e. The van der Waals surface area contributed by atoms with Gasteiger partial charge >= 0.3 is 0 Å². The second-order valence-electron chi connectivity index (χ2n) is 6.21. The molecule has 1 saturated carbocycles. The highest BCUT2D eigenvalue weighted by molar-refractivity contribution is 4.89. The van der Waals surface area contributed by atoms with Crippen molar-refractivity contribution in [2.45, 2.75) is 51.1 Å². The highest BCUT2D eigenvalue weighted by Gasteiger charge is 2.31. The highest BCUT2D eigenvalue weighted by atomic mass is 15.2. The summed E-state index contributed by atoms with van der Waals surface area (Å²) in [6.45, 7) is 4.64. The van der Waals surface area contributed by atoms with E-state index in [2.05, 4.69) is 50.2 Å². The Balaban J connectivity index is 2.50. The Bertz CT molecular complexity index is 218. The van der Waals surface area contributed by atoms with Gasteiger partial charge in [-0.15, -0.1) is 0 Å². The zero-order valence-electron chi connectivity index (χ0n) is 13.1. The Kier molecular flexibility index (Phi) is 7.20. The standard InChI is InChI=1S/C15H33N3/c1-6-7-13-8-9-14(16-2)15(12-13)18(5)11-10-17(3)4/h13-16H,6-12H2,1-5H3. The predicted octanol–water partition coefficient (Wildman–Crippen LogP) is 2.04. The molecule has 3 nitrogen and oxygen atoms in total. The molecule has 0 amide bonds. The van der Waals surface area contributed by atoms with Crippen LogP contribution in [0.25, 0.3) is 0 Å². The van der Waals surface area contributed by atoms with Gasteiger partial charge in [0.1, 0.15) is 0 Å². The first-order valence-corrected chi connectivity index (χ1v) is 7.60. The minimum absolute atomic E-state index is 0.685. The van der Waals surface area contributed by atoms with Crippen LogP contribution in [0.2, 0.25) is 0 Å². The number of hydrogen-bond donors (Lipinski definition) is 1. The Morgan fingerprint density at radius 1 is 1.11 bits per heavy atom. The summed E-state index contributed by atoms with van der Waals surface area (Å²) in [7, 11) is 8.73. The van der Waals surface area contributed by atoms with Gasteiger partial charge in [0.2, 0.25) is 0 Å². The molecule has 0 saturated heterocycles. The van der Waals surface area contributed by atoms with Crippen molar-refractivity contribution in [2.24, 2.45) is 5.92 Å². The number of likely N-dealkylation sites (N-methyl/N-ethyl adjacent to an activating group) is 3. The molecular formula is C15H33N3. The van der Waals surface area contributed by atoms with Crippen molar-refractivity contribution in [3.05, 3.63) is 0 Å². The first-order chi connectivity index (χ1) is 8.58. The SMILES string of the molecule is CCCC1CCC(NC)C(N(C)CCN(C)C)C1. The van der Waals surface area contributed by atoms with Crippen LogP contribution in [0.3, 0.4) is 0 Å². The molecule has 108 valence electrons. The van der Waals surface area contributed by atoms with Crippen LogP contribution in [-0.4, -0.2) is 63.2 Å². The fraction of sp³-hybridized carbons (Fsp3) is 1.00. The monoisotopic (exact) mass is 255 g/mol. The summed E-state index contributed by atoms with van der Waals surface area (Å²) in [6, 6.07) is 1.41. The molecule has 0 heterocycles. The van der Waals surface area contributed by atoms with Crippen molar-refractivity contribution in [2.75, 3.05) is 41.3 Å². The van der Waals surface area contributed by atoms with Crippen molar-refractivity contribution in [3.63, 3.8) is 0 Å². The highest BCUT2D eigenvalue weighted by Crippen LogP contribution is 2.30. The fourth-order valence-corrected chi connectivity index (χ4v) is 3.25. The van der Waals surface area contributed by atoms with Crippen LogP contribution < -0.4 is 5.32 Å². The molecule has 0 aromatic carbocycles. The smallest absolute Gasteiger partial charge is 0.0249 e. The van der Waals surface area contributed by atoms with Crippen molar-refractivity contribution in [1.29, 1.82) is 0 Å². The van der Waals surface area contributed by atoms with Gasteiger partial charge in [0.25, 0.3) is 0 Å². The van der Waals surface area contributed by atoms with E-state index in [0.29, 0.717) is 6.04 Å². The van der Waals surface area contributed by atoms with Gasteiger partial charge in [0.05, 0.1) is 0 Å². The number of rotatable bonds is 7. The van der Waals surface area contributed by atoms with Crippen LogP contribution in [0.1, 0.15) is 39.0 Å². The van der Waals surface area contributed by atoms with Crippen molar-refractivity contribution in [3.8, 4) is 0 Å². The first kappa shape index (κ1) is 15.9. The van der Waals surface area contributed by atoms with E-state index >= 15 is 0 Å². The molecule has 1 aliphatic rings. The third-order valence-corrected chi connectivity index (χ3v) is 4.46. The van der Waals surface area contributed by atoms with Gasteiger partial charge in [-0.1, -0.05) is 19.8 Å². The quantitative estimate of drug-likeness (QED) is 0.751. The zero-order chi connectivity index (χ0) is 13.5. The Morgan fingerprint density at radius 3 is 2.39 bits per heavy atom. The maximum absolute atomic E-state index is 3.53. The molecule has 1 fully saturated rings. The third-order valence-electron chi connectivity index (χ3n) is 4.46. The van der Waals surface area contributed by atoms with Crippen molar-refractivity contribution >= 4 is 0 Å². The maximum atomic E-state index is 3.53. The van der Waals surface area contributed by atoms with E-state index in [1.807, 2.05) is 0 Å². The van der Waals surface area contributed by atoms with E-state index in [0.717, 1.165) is 18.5 Å². The second kappa shape index (κ2) is 8.13. The summed E-state index contributed by atoms with van der Waals surface area (Å²) in [5, 5.41) is 3.53. The lowest BCUT2D eigenvalue weighted by Gasteiger charge is -2.41. The minimum Gasteiger partial charge on any atom is -0.315 e. The second-order valence-corrected chi connectivity index (χ2v) is 6.21. The molecule has 3 unspecified atom stereocenters. The molecule has 0 bridgehead atoms. The molecule has 0 spiro atoms. The molecule has 0 radical (unpaired) electrons. The van der Waals surface area contributed by atoms with E-state index in [1.165, 1.54) is 38.6 Å². The van der Waals surface area contributed by atoms with Crippen molar-refractivity contribution < 1.29 is 0 Å². The summed E-state index contributed by atoms with van der Waals surface area (Å²) >= 11 is 0. The summed E-state index contributed by atoms with van der Waals surface area (Å²) in [4.78, 5) is 4.85. The van der Waals surface area contributed by atoms with Gasteiger partial charge in [-0.25, -0.2) is 0 Å². The average molecular weight is 255 g/mol. The van der Waals surface area contributed by atoms with Crippen LogP contribution in [0.4, 0.5) is 0 Å². The van der Waals surface area contributed by atoms with Crippen LogP contribution >= 0.6 is 0 Å². The molecule has 1 N–H and O–H groups in total. The van der Waals surface area contributed by atoms with Gasteiger partial charge in [0.15, 0.2) is 0 Å². The average Bonchev–Trinajstić information content (AvgIpc) is 2.36. The van der Waals surface area contributed by atoms with Gasteiger partial charge in [-0.3, -0.25) is 0 Å². The van der Waals surface area contributed by atoms with E-state index in [-0.39, 0.29) is 0 Å². The molecule has 0 aromatic heterocycles. The Morgan fingerprint density at radius 2 is 1.83 bits per heavy atom. The molecule has 3 atom stereocenters. The summed E-state index contributed by atoms with van der Waals surface area (Å²) < 4.78 is 0. The topological polar surface area (TPSA) is 18.5 Å². The lowest BCUT2D eigenvalue weighted by atomic mass is 9.79. The van der Waals surface area contributed by atoms with Crippen LogP contribution in [0.15, 0.2) is 0 Å². The third kappa shape index (κ3) is 4.87. The zero-order valence-corrected chi connectivity index (χ0v) is 13.1. The van der Waals surface area contributed by atoms with E-state index < -0.39 is 0 Å². The van der Waals surface area contributed by atoms with Gasteiger partial charge < -0.3 is 15.1 Å². The Hall–Kier alpha value is -0.120. The van der Waals surface area contributed by atoms with Gasteiger partial charge in [-0.05, 0) is 53.4 Å². The van der Waals surface area contributed by atoms with Gasteiger partial charge in [-0.2, -0.15) is 0 Å². The predicted molar refractivity (Wildman–Crippen MR) is 80.1 cm³/mol. The van der Waals surface area contributed by atoms with E-state index in [9.17, 15) is 0 Å². The lowest BCUT2D eigenvalue weighted by molar-refractivity contribution is 0.113. The van der Waals surface area contributed by atoms with Crippen molar-refractivity contribution in [1.82, 2.24) is 15.1 Å². The number of hydrogen-bond acceptors (Lipinski definition) is 3. The summed E-state index contributed by atoms with van der Waals surface area (Å²) in [5.41, 5.74) is 0. The van der Waals surface area contributed by atoms with Crippen LogP contribution in [0, 0.1) is 5.92 Å². The summed E-state index contributed by atoms with van der Waals surface area (Å²) in [6.07, 6.45) is 6.89. The van der Waals surface area contributed by atoms with Crippen LogP contribution in [0.5, 0.6) is 0 Å². The molecular weight excluding hydrogens is 222 g/mol.